The Kier molecular flexibility index (Phi) is 9.87. The molecule has 3 aromatic carbocycles. The maximum Gasteiger partial charge on any atom is 0.251 e. The number of benzene rings is 3. The Bertz CT molecular complexity index is 1600. The minimum atomic E-state index is -0.0968. The number of carbonyl (C=O) groups is 2. The maximum absolute atomic E-state index is 13.4. The average Bonchev–Trinajstić information content (AvgIpc) is 3.48. The van der Waals surface area contributed by atoms with Crippen molar-refractivity contribution in [1.82, 2.24) is 15.1 Å². The van der Waals surface area contributed by atoms with Gasteiger partial charge in [0, 0.05) is 67.6 Å². The number of anilines is 2. The van der Waals surface area contributed by atoms with Crippen molar-refractivity contribution in [3.8, 4) is 11.1 Å². The second-order valence-corrected chi connectivity index (χ2v) is 11.8. The number of carbonyl (C=O) groups excluding carboxylic acids is 2. The first kappa shape index (κ1) is 30.4. The van der Waals surface area contributed by atoms with E-state index in [1.807, 2.05) is 52.3 Å². The molecule has 8 heteroatoms. The molecular weight excluding hydrogens is 554 g/mol. The van der Waals surface area contributed by atoms with Crippen LogP contribution in [0.4, 0.5) is 11.4 Å². The molecule has 0 spiro atoms. The zero-order valence-electron chi connectivity index (χ0n) is 25.3. The summed E-state index contributed by atoms with van der Waals surface area (Å²) in [5.74, 6) is 0.685. The van der Waals surface area contributed by atoms with E-state index in [9.17, 15) is 9.59 Å². The van der Waals surface area contributed by atoms with Crippen LogP contribution in [0.1, 0.15) is 51.9 Å². The molecule has 1 aliphatic heterocycles. The van der Waals surface area contributed by atoms with Gasteiger partial charge in [-0.15, -0.1) is 0 Å². The van der Waals surface area contributed by atoms with Gasteiger partial charge in [0.15, 0.2) is 0 Å². The summed E-state index contributed by atoms with van der Waals surface area (Å²) in [4.78, 5) is 30.1. The number of aryl methyl sites for hydroxylation is 1. The molecule has 1 N–H and O–H groups in total. The Morgan fingerprint density at radius 2 is 1.88 bits per heavy atom. The number of hydrogen-bond donors (Lipinski definition) is 2. The Morgan fingerprint density at radius 1 is 1.07 bits per heavy atom. The highest BCUT2D eigenvalue weighted by molar-refractivity contribution is 7.80. The van der Waals surface area contributed by atoms with Crippen LogP contribution in [0.15, 0.2) is 73.1 Å². The lowest BCUT2D eigenvalue weighted by Gasteiger charge is -2.31. The van der Waals surface area contributed by atoms with Crippen LogP contribution >= 0.6 is 12.6 Å². The molecule has 43 heavy (non-hydrogen) atoms. The molecule has 1 aromatic heterocycles. The fourth-order valence-corrected chi connectivity index (χ4v) is 6.00. The molecule has 4 aromatic rings. The van der Waals surface area contributed by atoms with E-state index in [0.29, 0.717) is 30.8 Å². The van der Waals surface area contributed by atoms with Gasteiger partial charge in [0.1, 0.15) is 0 Å². The zero-order valence-corrected chi connectivity index (χ0v) is 26.2. The van der Waals surface area contributed by atoms with Crippen molar-refractivity contribution in [3.05, 3.63) is 101 Å². The first-order chi connectivity index (χ1) is 20.9. The summed E-state index contributed by atoms with van der Waals surface area (Å²) in [5.41, 5.74) is 9.81. The summed E-state index contributed by atoms with van der Waals surface area (Å²) in [6.07, 6.45) is 7.13. The number of hydrogen-bond acceptors (Lipinski definition) is 5. The number of nitrogens with zero attached hydrogens (tertiary/aromatic N) is 4. The summed E-state index contributed by atoms with van der Waals surface area (Å²) >= 11 is 4.16. The normalized spacial score (nSPS) is 12.6. The molecule has 2 amide bonds. The van der Waals surface area contributed by atoms with Gasteiger partial charge >= 0.3 is 0 Å². The van der Waals surface area contributed by atoms with Gasteiger partial charge in [0.25, 0.3) is 5.91 Å². The van der Waals surface area contributed by atoms with Gasteiger partial charge < -0.3 is 15.1 Å². The molecule has 0 aliphatic carbocycles. The van der Waals surface area contributed by atoms with E-state index in [-0.39, 0.29) is 11.8 Å². The van der Waals surface area contributed by atoms with E-state index in [1.165, 1.54) is 22.4 Å². The summed E-state index contributed by atoms with van der Waals surface area (Å²) in [6, 6.07) is 20.2. The third-order valence-electron chi connectivity index (χ3n) is 8.30. The Labute approximate surface area is 260 Å². The predicted octanol–water partition coefficient (Wildman–Crippen LogP) is 6.07. The Balaban J connectivity index is 1.25. The number of aromatic nitrogens is 2. The van der Waals surface area contributed by atoms with Gasteiger partial charge in [0.05, 0.1) is 12.7 Å². The number of nitrogens with one attached hydrogen (secondary N) is 1. The fourth-order valence-electron chi connectivity index (χ4n) is 5.88. The lowest BCUT2D eigenvalue weighted by atomic mass is 9.93. The monoisotopic (exact) mass is 595 g/mol. The summed E-state index contributed by atoms with van der Waals surface area (Å²) < 4.78 is 1.90. The minimum absolute atomic E-state index is 0.0968. The highest BCUT2D eigenvalue weighted by Gasteiger charge is 2.25. The van der Waals surface area contributed by atoms with Crippen molar-refractivity contribution >= 4 is 35.8 Å². The number of rotatable bonds is 11. The Morgan fingerprint density at radius 3 is 2.72 bits per heavy atom. The number of fused-ring (bicyclic) bond motifs is 1. The van der Waals surface area contributed by atoms with Gasteiger partial charge in [-0.2, -0.15) is 17.7 Å². The molecule has 5 rings (SSSR count). The van der Waals surface area contributed by atoms with Crippen molar-refractivity contribution in [2.24, 2.45) is 0 Å². The van der Waals surface area contributed by atoms with Crippen molar-refractivity contribution < 1.29 is 9.59 Å². The second kappa shape index (κ2) is 14.0. The van der Waals surface area contributed by atoms with E-state index in [2.05, 4.69) is 79.2 Å². The molecule has 224 valence electrons. The molecule has 0 bridgehead atoms. The van der Waals surface area contributed by atoms with Crippen LogP contribution in [-0.2, 0) is 17.8 Å². The lowest BCUT2D eigenvalue weighted by molar-refractivity contribution is -0.118. The van der Waals surface area contributed by atoms with Crippen LogP contribution in [0.3, 0.4) is 0 Å². The zero-order chi connectivity index (χ0) is 30.3. The SMILES string of the molecule is Cc1cccc(N(C)CCCC(=O)N2CCCc3c(-c4cnn(Cc5cccc(C(=O)NCCS)c5)c4)cccc32)c1C. The molecule has 1 aliphatic rings. The van der Waals surface area contributed by atoms with Crippen molar-refractivity contribution in [2.45, 2.75) is 46.1 Å². The molecule has 0 fully saturated rings. The lowest BCUT2D eigenvalue weighted by Crippen LogP contribution is -2.36. The quantitative estimate of drug-likeness (QED) is 0.207. The van der Waals surface area contributed by atoms with Crippen LogP contribution in [0.5, 0.6) is 0 Å². The smallest absolute Gasteiger partial charge is 0.251 e. The van der Waals surface area contributed by atoms with Gasteiger partial charge in [-0.25, -0.2) is 0 Å². The molecule has 0 radical (unpaired) electrons. The van der Waals surface area contributed by atoms with E-state index in [4.69, 9.17) is 0 Å². The van der Waals surface area contributed by atoms with Crippen LogP contribution in [-0.4, -0.2) is 54.0 Å². The van der Waals surface area contributed by atoms with E-state index in [1.54, 1.807) is 0 Å². The first-order valence-corrected chi connectivity index (χ1v) is 15.7. The van der Waals surface area contributed by atoms with Crippen molar-refractivity contribution in [1.29, 1.82) is 0 Å². The van der Waals surface area contributed by atoms with Crippen LogP contribution in [0.25, 0.3) is 11.1 Å². The van der Waals surface area contributed by atoms with Crippen molar-refractivity contribution in [2.75, 3.05) is 42.2 Å². The highest BCUT2D eigenvalue weighted by Crippen LogP contribution is 2.36. The van der Waals surface area contributed by atoms with Gasteiger partial charge in [-0.1, -0.05) is 36.4 Å². The average molecular weight is 596 g/mol. The van der Waals surface area contributed by atoms with Gasteiger partial charge in [-0.05, 0) is 85.2 Å². The molecule has 0 saturated carbocycles. The second-order valence-electron chi connectivity index (χ2n) is 11.3. The standard InChI is InChI=1S/C35H41N5O2S/c1-25-9-4-14-32(26(25)2)38(3)18-8-16-34(41)40-19-7-13-31-30(12-6-15-33(31)40)29-22-37-39(24-29)23-27-10-5-11-28(21-27)35(42)36-17-20-43/h4-6,9-12,14-15,21-22,24,43H,7-8,13,16-20,23H2,1-3H3,(H,36,42). The Hall–Kier alpha value is -4.04. The minimum Gasteiger partial charge on any atom is -0.374 e. The highest BCUT2D eigenvalue weighted by atomic mass is 32.1. The molecular formula is C35H41N5O2S. The predicted molar refractivity (Wildman–Crippen MR) is 178 cm³/mol. The first-order valence-electron chi connectivity index (χ1n) is 15.1. The molecule has 0 atom stereocenters. The fraction of sp³-hybridized carbons (Fsp3) is 0.343. The third kappa shape index (κ3) is 7.13. The van der Waals surface area contributed by atoms with Crippen molar-refractivity contribution in [3.63, 3.8) is 0 Å². The molecule has 0 unspecified atom stereocenters. The van der Waals surface area contributed by atoms with Crippen LogP contribution in [0.2, 0.25) is 0 Å². The van der Waals surface area contributed by atoms with Crippen LogP contribution in [0, 0.1) is 13.8 Å². The summed E-state index contributed by atoms with van der Waals surface area (Å²) in [6.45, 7) is 6.96. The van der Waals surface area contributed by atoms with Crippen LogP contribution < -0.4 is 15.1 Å². The van der Waals surface area contributed by atoms with E-state index < -0.39 is 0 Å². The van der Waals surface area contributed by atoms with Gasteiger partial charge in [-0.3, -0.25) is 14.3 Å². The number of amides is 2. The molecule has 0 saturated heterocycles. The van der Waals surface area contributed by atoms with Gasteiger partial charge in [0.2, 0.25) is 5.91 Å². The van der Waals surface area contributed by atoms with E-state index in [0.717, 1.165) is 54.7 Å². The molecule has 7 nitrogen and oxygen atoms in total. The summed E-state index contributed by atoms with van der Waals surface area (Å²) in [7, 11) is 2.10. The summed E-state index contributed by atoms with van der Waals surface area (Å²) in [5, 5.41) is 7.49. The van der Waals surface area contributed by atoms with E-state index >= 15 is 0 Å². The largest absolute Gasteiger partial charge is 0.374 e. The third-order valence-corrected chi connectivity index (χ3v) is 8.52. The maximum atomic E-state index is 13.4. The number of thiol groups is 1. The topological polar surface area (TPSA) is 70.5 Å². The molecule has 2 heterocycles.